The second kappa shape index (κ2) is 5.68. The Morgan fingerprint density at radius 2 is 1.82 bits per heavy atom. The van der Waals surface area contributed by atoms with Crippen LogP contribution in [0.5, 0.6) is 0 Å². The van der Waals surface area contributed by atoms with Gasteiger partial charge in [-0.3, -0.25) is 9.71 Å². The van der Waals surface area contributed by atoms with Gasteiger partial charge in [-0.2, -0.15) is 8.42 Å². The highest BCUT2D eigenvalue weighted by Crippen LogP contribution is 2.31. The van der Waals surface area contributed by atoms with Gasteiger partial charge in [-0.15, -0.1) is 0 Å². The van der Waals surface area contributed by atoms with Crippen molar-refractivity contribution in [3.05, 3.63) is 53.0 Å². The number of aromatic nitrogens is 3. The molecule has 0 unspecified atom stereocenters. The second-order valence-corrected chi connectivity index (χ2v) is 6.70. The average Bonchev–Trinajstić information content (AvgIpc) is 2.50. The maximum absolute atomic E-state index is 12.4. The number of anilines is 1. The van der Waals surface area contributed by atoms with Crippen LogP contribution in [0.3, 0.4) is 0 Å². The van der Waals surface area contributed by atoms with Gasteiger partial charge in [0.1, 0.15) is 5.15 Å². The molecule has 0 saturated carbocycles. The number of rotatable bonds is 3. The van der Waals surface area contributed by atoms with E-state index in [-0.39, 0.29) is 20.9 Å². The molecule has 0 bridgehead atoms. The molecule has 2 heterocycles. The number of hydrogen-bond acceptors (Lipinski definition) is 5. The summed E-state index contributed by atoms with van der Waals surface area (Å²) < 4.78 is 27.1. The van der Waals surface area contributed by atoms with Gasteiger partial charge in [0, 0.05) is 11.6 Å². The summed E-state index contributed by atoms with van der Waals surface area (Å²) >= 11 is 11.7. The minimum Gasteiger partial charge on any atom is -0.275 e. The fraction of sp³-hybridized carbons (Fsp3) is 0. The summed E-state index contributed by atoms with van der Waals surface area (Å²) in [6.45, 7) is 0. The first-order chi connectivity index (χ1) is 10.5. The minimum absolute atomic E-state index is 0.101. The third kappa shape index (κ3) is 2.83. The topological polar surface area (TPSA) is 84.8 Å². The van der Waals surface area contributed by atoms with Crippen molar-refractivity contribution in [1.82, 2.24) is 15.0 Å². The molecular weight excluding hydrogens is 347 g/mol. The van der Waals surface area contributed by atoms with Gasteiger partial charge in [0.2, 0.25) is 0 Å². The van der Waals surface area contributed by atoms with E-state index in [1.165, 1.54) is 0 Å². The minimum atomic E-state index is -3.95. The summed E-state index contributed by atoms with van der Waals surface area (Å²) in [5.74, 6) is 0. The quantitative estimate of drug-likeness (QED) is 0.780. The summed E-state index contributed by atoms with van der Waals surface area (Å²) in [6, 6.07) is 6.90. The molecular formula is C13H8Cl2N4O2S. The zero-order valence-electron chi connectivity index (χ0n) is 10.9. The molecule has 0 atom stereocenters. The van der Waals surface area contributed by atoms with Crippen LogP contribution in [0.1, 0.15) is 0 Å². The Bertz CT molecular complexity index is 946. The van der Waals surface area contributed by atoms with Crippen LogP contribution >= 0.6 is 23.2 Å². The number of fused-ring (bicyclic) bond motifs is 1. The molecule has 0 aliphatic carbocycles. The molecule has 0 spiro atoms. The lowest BCUT2D eigenvalue weighted by atomic mass is 10.2. The summed E-state index contributed by atoms with van der Waals surface area (Å²) in [6.07, 6.45) is 3.77. The highest BCUT2D eigenvalue weighted by atomic mass is 35.5. The van der Waals surface area contributed by atoms with E-state index in [2.05, 4.69) is 19.7 Å². The Labute approximate surface area is 136 Å². The predicted molar refractivity (Wildman–Crippen MR) is 84.6 cm³/mol. The van der Waals surface area contributed by atoms with Crippen molar-refractivity contribution in [2.75, 3.05) is 4.72 Å². The van der Waals surface area contributed by atoms with Gasteiger partial charge in [-0.25, -0.2) is 9.97 Å². The summed E-state index contributed by atoms with van der Waals surface area (Å²) in [5, 5.41) is 0.827. The Morgan fingerprint density at radius 1 is 1.00 bits per heavy atom. The second-order valence-electron chi connectivity index (χ2n) is 4.28. The molecule has 6 nitrogen and oxygen atoms in total. The van der Waals surface area contributed by atoms with Crippen molar-refractivity contribution in [2.45, 2.75) is 5.03 Å². The molecule has 9 heteroatoms. The zero-order chi connectivity index (χ0) is 15.7. The highest BCUT2D eigenvalue weighted by Gasteiger charge is 2.20. The van der Waals surface area contributed by atoms with Crippen LogP contribution in [-0.2, 0) is 10.0 Å². The van der Waals surface area contributed by atoms with Crippen LogP contribution in [0.25, 0.3) is 10.9 Å². The van der Waals surface area contributed by atoms with Gasteiger partial charge in [-0.05, 0) is 12.1 Å². The summed E-state index contributed by atoms with van der Waals surface area (Å²) in [4.78, 5) is 11.6. The normalized spacial score (nSPS) is 11.5. The third-order valence-corrected chi connectivity index (χ3v) is 4.58. The Kier molecular flexibility index (Phi) is 3.86. The van der Waals surface area contributed by atoms with E-state index >= 15 is 0 Å². The van der Waals surface area contributed by atoms with Gasteiger partial charge in [-0.1, -0.05) is 35.3 Å². The van der Waals surface area contributed by atoms with Crippen molar-refractivity contribution in [2.24, 2.45) is 0 Å². The molecule has 2 aromatic heterocycles. The number of pyridine rings is 1. The SMILES string of the molecule is O=S(=O)(Nc1c(Cl)ccc2cccnc12)c1cnc(Cl)cn1. The Hall–Kier alpha value is -1.96. The van der Waals surface area contributed by atoms with E-state index < -0.39 is 10.0 Å². The zero-order valence-corrected chi connectivity index (χ0v) is 13.2. The fourth-order valence-corrected chi connectivity index (χ4v) is 3.16. The molecule has 112 valence electrons. The molecule has 1 aromatic carbocycles. The molecule has 0 radical (unpaired) electrons. The van der Waals surface area contributed by atoms with Crippen LogP contribution in [-0.4, -0.2) is 23.4 Å². The first-order valence-electron chi connectivity index (χ1n) is 6.01. The monoisotopic (exact) mass is 354 g/mol. The van der Waals surface area contributed by atoms with Crippen LogP contribution in [0.2, 0.25) is 10.2 Å². The van der Waals surface area contributed by atoms with Gasteiger partial charge in [0.25, 0.3) is 10.0 Å². The lowest BCUT2D eigenvalue weighted by Crippen LogP contribution is -2.15. The van der Waals surface area contributed by atoms with Crippen molar-refractivity contribution in [1.29, 1.82) is 0 Å². The molecule has 0 saturated heterocycles. The molecule has 0 aliphatic heterocycles. The molecule has 0 amide bonds. The van der Waals surface area contributed by atoms with E-state index in [9.17, 15) is 8.42 Å². The largest absolute Gasteiger partial charge is 0.281 e. The first-order valence-corrected chi connectivity index (χ1v) is 8.25. The smallest absolute Gasteiger partial charge is 0.275 e. The van der Waals surface area contributed by atoms with Crippen LogP contribution in [0.4, 0.5) is 5.69 Å². The number of benzene rings is 1. The van der Waals surface area contributed by atoms with E-state index in [0.29, 0.717) is 5.52 Å². The maximum Gasteiger partial charge on any atom is 0.281 e. The number of nitrogens with one attached hydrogen (secondary N) is 1. The Morgan fingerprint density at radius 3 is 2.55 bits per heavy atom. The first kappa shape index (κ1) is 15.0. The standard InChI is InChI=1S/C13H8Cl2N4O2S/c14-9-4-3-8-2-1-5-16-12(8)13(9)19-22(20,21)11-7-17-10(15)6-18-11/h1-7,19H. The fourth-order valence-electron chi connectivity index (χ4n) is 1.84. The predicted octanol–water partition coefficient (Wildman–Crippen LogP) is 3.13. The number of halogens is 2. The van der Waals surface area contributed by atoms with Crippen molar-refractivity contribution >= 4 is 49.8 Å². The van der Waals surface area contributed by atoms with E-state index in [0.717, 1.165) is 17.8 Å². The van der Waals surface area contributed by atoms with Crippen LogP contribution in [0, 0.1) is 0 Å². The third-order valence-electron chi connectivity index (χ3n) is 2.83. The van der Waals surface area contributed by atoms with Gasteiger partial charge in [0.05, 0.1) is 28.6 Å². The number of nitrogens with zero attached hydrogens (tertiary/aromatic N) is 3. The average molecular weight is 355 g/mol. The summed E-state index contributed by atoms with van der Waals surface area (Å²) in [7, 11) is -3.95. The lowest BCUT2D eigenvalue weighted by Gasteiger charge is -2.11. The molecule has 3 rings (SSSR count). The number of hydrogen-bond donors (Lipinski definition) is 1. The molecule has 0 aliphatic rings. The summed E-state index contributed by atoms with van der Waals surface area (Å²) in [5.41, 5.74) is 0.636. The number of sulfonamides is 1. The van der Waals surface area contributed by atoms with Crippen molar-refractivity contribution in [3.63, 3.8) is 0 Å². The van der Waals surface area contributed by atoms with E-state index in [4.69, 9.17) is 23.2 Å². The van der Waals surface area contributed by atoms with Gasteiger partial charge in [0.15, 0.2) is 5.03 Å². The lowest BCUT2D eigenvalue weighted by molar-refractivity contribution is 0.597. The molecule has 3 aromatic rings. The van der Waals surface area contributed by atoms with Crippen molar-refractivity contribution < 1.29 is 8.42 Å². The van der Waals surface area contributed by atoms with Crippen LogP contribution in [0.15, 0.2) is 47.9 Å². The van der Waals surface area contributed by atoms with Crippen LogP contribution < -0.4 is 4.72 Å². The molecule has 1 N–H and O–H groups in total. The van der Waals surface area contributed by atoms with Gasteiger partial charge >= 0.3 is 0 Å². The Balaban J connectivity index is 2.09. The molecule has 22 heavy (non-hydrogen) atoms. The molecule has 0 fully saturated rings. The highest BCUT2D eigenvalue weighted by molar-refractivity contribution is 7.92. The van der Waals surface area contributed by atoms with Crippen molar-refractivity contribution in [3.8, 4) is 0 Å². The van der Waals surface area contributed by atoms with E-state index in [1.54, 1.807) is 30.5 Å². The van der Waals surface area contributed by atoms with E-state index in [1.807, 2.05) is 0 Å². The maximum atomic E-state index is 12.4. The van der Waals surface area contributed by atoms with Gasteiger partial charge < -0.3 is 0 Å².